The van der Waals surface area contributed by atoms with Gasteiger partial charge in [-0.3, -0.25) is 4.79 Å². The van der Waals surface area contributed by atoms with Crippen molar-refractivity contribution in [2.24, 2.45) is 10.2 Å². The van der Waals surface area contributed by atoms with Gasteiger partial charge in [0.15, 0.2) is 5.17 Å². The summed E-state index contributed by atoms with van der Waals surface area (Å²) in [6.07, 6.45) is 0.595. The molecule has 0 aliphatic carbocycles. The van der Waals surface area contributed by atoms with Crippen LogP contribution in [0.25, 0.3) is 0 Å². The van der Waals surface area contributed by atoms with Gasteiger partial charge in [0, 0.05) is 5.02 Å². The Morgan fingerprint density at radius 3 is 2.73 bits per heavy atom. The Morgan fingerprint density at radius 2 is 2.04 bits per heavy atom. The lowest BCUT2D eigenvalue weighted by Gasteiger charge is -2.05. The van der Waals surface area contributed by atoms with E-state index in [0.717, 1.165) is 22.6 Å². The number of benzene rings is 2. The number of nitrogens with one attached hydrogen (secondary N) is 1. The third kappa shape index (κ3) is 4.65. The average molecular weight is 388 g/mol. The van der Waals surface area contributed by atoms with E-state index in [9.17, 15) is 4.79 Å². The number of amides is 1. The Morgan fingerprint density at radius 1 is 1.27 bits per heavy atom. The molecule has 1 amide bonds. The van der Waals surface area contributed by atoms with Gasteiger partial charge in [0.05, 0.1) is 18.1 Å². The smallest absolute Gasteiger partial charge is 0.239 e. The van der Waals surface area contributed by atoms with Crippen molar-refractivity contribution in [3.8, 4) is 5.75 Å². The molecule has 1 saturated heterocycles. The molecule has 0 radical (unpaired) electrons. The first-order valence-electron chi connectivity index (χ1n) is 8.04. The third-order valence-corrected chi connectivity index (χ3v) is 5.19. The number of halogens is 1. The molecular weight excluding hydrogens is 370 g/mol. The molecule has 5 nitrogen and oxygen atoms in total. The first kappa shape index (κ1) is 18.5. The number of methoxy groups -OCH3 is 1. The highest BCUT2D eigenvalue weighted by Crippen LogP contribution is 2.24. The van der Waals surface area contributed by atoms with E-state index in [1.165, 1.54) is 11.8 Å². The average Bonchev–Trinajstić information content (AvgIpc) is 2.99. The molecule has 0 saturated carbocycles. The summed E-state index contributed by atoms with van der Waals surface area (Å²) in [6, 6.07) is 15.1. The quantitative estimate of drug-likeness (QED) is 0.625. The predicted octanol–water partition coefficient (Wildman–Crippen LogP) is 3.90. The monoisotopic (exact) mass is 387 g/mol. The van der Waals surface area contributed by atoms with Crippen molar-refractivity contribution in [3.63, 3.8) is 0 Å². The standard InChI is InChI=1S/C19H18ClN3O2S/c1-12(14-6-8-16(25-2)9-7-14)22-23-19-21-18(24)17(26-19)11-13-4-3-5-15(20)10-13/h3-10,17H,11H2,1-2H3,(H,21,23,24)/b22-12+/t17-/m1/s1. The molecule has 0 bridgehead atoms. The van der Waals surface area contributed by atoms with E-state index in [2.05, 4.69) is 15.5 Å². The fraction of sp³-hybridized carbons (Fsp3) is 0.211. The minimum atomic E-state index is -0.233. The largest absolute Gasteiger partial charge is 0.497 e. The van der Waals surface area contributed by atoms with Crippen LogP contribution in [-0.4, -0.2) is 29.1 Å². The van der Waals surface area contributed by atoms with E-state index in [1.807, 2.05) is 55.5 Å². The van der Waals surface area contributed by atoms with Crippen LogP contribution >= 0.6 is 23.4 Å². The molecular formula is C19H18ClN3O2S. The van der Waals surface area contributed by atoms with Gasteiger partial charge >= 0.3 is 0 Å². The molecule has 7 heteroatoms. The molecule has 1 N–H and O–H groups in total. The maximum atomic E-state index is 12.2. The molecule has 0 aromatic heterocycles. The van der Waals surface area contributed by atoms with Crippen LogP contribution < -0.4 is 10.1 Å². The summed E-state index contributed by atoms with van der Waals surface area (Å²) < 4.78 is 5.14. The van der Waals surface area contributed by atoms with Crippen molar-refractivity contribution >= 4 is 40.1 Å². The third-order valence-electron chi connectivity index (χ3n) is 3.89. The summed E-state index contributed by atoms with van der Waals surface area (Å²) in [5.74, 6) is 0.723. The summed E-state index contributed by atoms with van der Waals surface area (Å²) in [7, 11) is 1.63. The Kier molecular flexibility index (Phi) is 5.96. The number of carbonyl (C=O) groups excluding carboxylic acids is 1. The van der Waals surface area contributed by atoms with Gasteiger partial charge in [0.1, 0.15) is 5.75 Å². The number of amidine groups is 1. The fourth-order valence-electron chi connectivity index (χ4n) is 2.47. The van der Waals surface area contributed by atoms with Gasteiger partial charge in [-0.2, -0.15) is 5.10 Å². The molecule has 1 aliphatic heterocycles. The molecule has 0 spiro atoms. The lowest BCUT2D eigenvalue weighted by molar-refractivity contribution is -0.118. The van der Waals surface area contributed by atoms with Gasteiger partial charge in [-0.15, -0.1) is 5.10 Å². The maximum Gasteiger partial charge on any atom is 0.239 e. The highest BCUT2D eigenvalue weighted by molar-refractivity contribution is 8.15. The van der Waals surface area contributed by atoms with Crippen LogP contribution in [0.3, 0.4) is 0 Å². The second-order valence-electron chi connectivity index (χ2n) is 5.75. The predicted molar refractivity (Wildman–Crippen MR) is 107 cm³/mol. The fourth-order valence-corrected chi connectivity index (χ4v) is 3.65. The van der Waals surface area contributed by atoms with Crippen LogP contribution in [-0.2, 0) is 11.2 Å². The van der Waals surface area contributed by atoms with Gasteiger partial charge in [0.25, 0.3) is 0 Å². The highest BCUT2D eigenvalue weighted by Gasteiger charge is 2.30. The van der Waals surface area contributed by atoms with Crippen molar-refractivity contribution in [2.75, 3.05) is 7.11 Å². The summed E-state index contributed by atoms with van der Waals surface area (Å²) in [6.45, 7) is 1.87. The number of nitrogens with zero attached hydrogens (tertiary/aromatic N) is 2. The SMILES string of the molecule is COc1ccc(/C(C)=N/N=C2/NC(=O)[C@@H](Cc3cccc(Cl)c3)S2)cc1. The van der Waals surface area contributed by atoms with Gasteiger partial charge in [-0.25, -0.2) is 0 Å². The lowest BCUT2D eigenvalue weighted by atomic mass is 10.1. The Labute approximate surface area is 161 Å². The van der Waals surface area contributed by atoms with Crippen LogP contribution in [0.1, 0.15) is 18.1 Å². The molecule has 0 unspecified atom stereocenters. The molecule has 2 aromatic rings. The van der Waals surface area contributed by atoms with E-state index in [-0.39, 0.29) is 11.2 Å². The summed E-state index contributed by atoms with van der Waals surface area (Å²) in [5.41, 5.74) is 2.72. The van der Waals surface area contributed by atoms with E-state index in [1.54, 1.807) is 7.11 Å². The molecule has 134 valence electrons. The molecule has 1 atom stereocenters. The van der Waals surface area contributed by atoms with E-state index in [4.69, 9.17) is 16.3 Å². The zero-order valence-electron chi connectivity index (χ0n) is 14.4. The highest BCUT2D eigenvalue weighted by atomic mass is 35.5. The second kappa shape index (κ2) is 8.38. The first-order chi connectivity index (χ1) is 12.5. The normalized spacial score (nSPS) is 18.9. The lowest BCUT2D eigenvalue weighted by Crippen LogP contribution is -2.25. The van der Waals surface area contributed by atoms with E-state index < -0.39 is 0 Å². The molecule has 26 heavy (non-hydrogen) atoms. The van der Waals surface area contributed by atoms with Crippen molar-refractivity contribution in [3.05, 3.63) is 64.7 Å². The molecule has 2 aromatic carbocycles. The zero-order chi connectivity index (χ0) is 18.5. The van der Waals surface area contributed by atoms with E-state index >= 15 is 0 Å². The Balaban J connectivity index is 1.67. The maximum absolute atomic E-state index is 12.2. The number of ether oxygens (including phenoxy) is 1. The summed E-state index contributed by atoms with van der Waals surface area (Å²) in [4.78, 5) is 12.2. The number of rotatable bonds is 5. The van der Waals surface area contributed by atoms with Crippen LogP contribution in [0.15, 0.2) is 58.7 Å². The Hall–Kier alpha value is -2.31. The van der Waals surface area contributed by atoms with E-state index in [0.29, 0.717) is 16.6 Å². The minimum absolute atomic E-state index is 0.0639. The first-order valence-corrected chi connectivity index (χ1v) is 9.29. The van der Waals surface area contributed by atoms with Crippen molar-refractivity contribution < 1.29 is 9.53 Å². The van der Waals surface area contributed by atoms with Gasteiger partial charge in [-0.05, 0) is 60.9 Å². The van der Waals surface area contributed by atoms with Crippen LogP contribution in [0.5, 0.6) is 5.75 Å². The second-order valence-corrected chi connectivity index (χ2v) is 7.38. The number of hydrogen-bond acceptors (Lipinski definition) is 5. The molecule has 1 heterocycles. The zero-order valence-corrected chi connectivity index (χ0v) is 16.0. The van der Waals surface area contributed by atoms with Crippen LogP contribution in [0.2, 0.25) is 5.02 Å². The number of hydrogen-bond donors (Lipinski definition) is 1. The Bertz CT molecular complexity index is 865. The van der Waals surface area contributed by atoms with Crippen molar-refractivity contribution in [2.45, 2.75) is 18.6 Å². The van der Waals surface area contributed by atoms with Gasteiger partial charge < -0.3 is 10.1 Å². The summed E-state index contributed by atoms with van der Waals surface area (Å²) in [5, 5.41) is 12.1. The van der Waals surface area contributed by atoms with Crippen LogP contribution in [0.4, 0.5) is 0 Å². The topological polar surface area (TPSA) is 63.1 Å². The molecule has 3 rings (SSSR count). The van der Waals surface area contributed by atoms with Crippen molar-refractivity contribution in [1.82, 2.24) is 5.32 Å². The van der Waals surface area contributed by atoms with Crippen molar-refractivity contribution in [1.29, 1.82) is 0 Å². The number of thioether (sulfide) groups is 1. The van der Waals surface area contributed by atoms with Crippen LogP contribution in [0, 0.1) is 0 Å². The van der Waals surface area contributed by atoms with Gasteiger partial charge in [-0.1, -0.05) is 35.5 Å². The minimum Gasteiger partial charge on any atom is -0.497 e. The summed E-state index contributed by atoms with van der Waals surface area (Å²) >= 11 is 7.38. The molecule has 1 fully saturated rings. The van der Waals surface area contributed by atoms with Gasteiger partial charge in [0.2, 0.25) is 5.91 Å². The number of carbonyl (C=O) groups is 1. The molecule has 1 aliphatic rings.